The maximum absolute atomic E-state index is 6.19. The summed E-state index contributed by atoms with van der Waals surface area (Å²) in [5.41, 5.74) is 2.29. The molecule has 2 unspecified atom stereocenters. The highest BCUT2D eigenvalue weighted by atomic mass is 79.9. The third kappa shape index (κ3) is 4.36. The summed E-state index contributed by atoms with van der Waals surface area (Å²) in [6.07, 6.45) is 3.74. The van der Waals surface area contributed by atoms with Gasteiger partial charge in [-0.05, 0) is 74.0 Å². The molecule has 0 aliphatic carbocycles. The van der Waals surface area contributed by atoms with Gasteiger partial charge >= 0.3 is 0 Å². The van der Waals surface area contributed by atoms with Crippen LogP contribution in [-0.4, -0.2) is 44.3 Å². The van der Waals surface area contributed by atoms with Gasteiger partial charge in [0.15, 0.2) is 11.5 Å². The smallest absolute Gasteiger partial charge is 0.152 e. The lowest BCUT2D eigenvalue weighted by molar-refractivity contribution is -0.0405. The van der Waals surface area contributed by atoms with E-state index in [1.807, 2.05) is 0 Å². The van der Waals surface area contributed by atoms with Crippen molar-refractivity contribution in [2.75, 3.05) is 44.3 Å². The molecule has 6 heteroatoms. The minimum Gasteiger partial charge on any atom is -0.453 e. The lowest BCUT2D eigenvalue weighted by Gasteiger charge is -2.41. The molecule has 3 heterocycles. The van der Waals surface area contributed by atoms with Crippen LogP contribution in [0.5, 0.6) is 11.5 Å². The molecule has 2 bridgehead atoms. The first-order chi connectivity index (χ1) is 14.2. The molecule has 3 aliphatic rings. The van der Waals surface area contributed by atoms with E-state index in [-0.39, 0.29) is 0 Å². The number of rotatable bonds is 5. The van der Waals surface area contributed by atoms with Crippen molar-refractivity contribution in [1.82, 2.24) is 4.90 Å². The Bertz CT molecular complexity index is 828. The number of halogens is 2. The molecular weight excluding hydrogens is 496 g/mol. The van der Waals surface area contributed by atoms with Gasteiger partial charge in [-0.2, -0.15) is 0 Å². The van der Waals surface area contributed by atoms with Crippen LogP contribution in [0.15, 0.2) is 45.3 Å². The first-order valence-corrected chi connectivity index (χ1v) is 12.1. The van der Waals surface area contributed by atoms with E-state index in [2.05, 4.69) is 78.1 Å². The molecule has 2 atom stereocenters. The summed E-state index contributed by atoms with van der Waals surface area (Å²) < 4.78 is 14.0. The van der Waals surface area contributed by atoms with Gasteiger partial charge in [-0.3, -0.25) is 0 Å². The number of hydrogen-bond donors (Lipinski definition) is 0. The third-order valence-electron chi connectivity index (χ3n) is 6.16. The lowest BCUT2D eigenvalue weighted by Crippen LogP contribution is -2.46. The number of nitrogens with zero attached hydrogens (tertiary/aromatic N) is 2. The first-order valence-electron chi connectivity index (χ1n) is 10.5. The largest absolute Gasteiger partial charge is 0.453 e. The van der Waals surface area contributed by atoms with Gasteiger partial charge in [0.1, 0.15) is 0 Å². The topological polar surface area (TPSA) is 24.9 Å². The highest BCUT2D eigenvalue weighted by Gasteiger charge is 2.31. The molecule has 154 valence electrons. The van der Waals surface area contributed by atoms with Gasteiger partial charge in [-0.1, -0.05) is 31.9 Å². The second-order valence-electron chi connectivity index (χ2n) is 8.45. The summed E-state index contributed by atoms with van der Waals surface area (Å²) in [5.74, 6) is 3.32. The van der Waals surface area contributed by atoms with Crippen molar-refractivity contribution in [3.05, 3.63) is 45.3 Å². The van der Waals surface area contributed by atoms with E-state index in [0.717, 1.165) is 69.8 Å². The van der Waals surface area contributed by atoms with Crippen LogP contribution in [0.3, 0.4) is 0 Å². The van der Waals surface area contributed by atoms with Crippen LogP contribution < -0.4 is 9.64 Å². The number of fused-ring (bicyclic) bond motifs is 4. The van der Waals surface area contributed by atoms with Gasteiger partial charge < -0.3 is 19.3 Å². The van der Waals surface area contributed by atoms with Crippen LogP contribution >= 0.6 is 31.9 Å². The van der Waals surface area contributed by atoms with E-state index in [9.17, 15) is 0 Å². The van der Waals surface area contributed by atoms with E-state index < -0.39 is 0 Å². The van der Waals surface area contributed by atoms with Gasteiger partial charge in [0, 0.05) is 28.6 Å². The van der Waals surface area contributed by atoms with Crippen molar-refractivity contribution >= 4 is 43.2 Å². The van der Waals surface area contributed by atoms with Crippen LogP contribution in [0.2, 0.25) is 0 Å². The average Bonchev–Trinajstić information content (AvgIpc) is 2.69. The molecule has 0 N–H and O–H groups in total. The highest BCUT2D eigenvalue weighted by Crippen LogP contribution is 2.48. The Kier molecular flexibility index (Phi) is 5.87. The molecule has 5 rings (SSSR count). The second kappa shape index (κ2) is 8.58. The van der Waals surface area contributed by atoms with Gasteiger partial charge in [0.2, 0.25) is 0 Å². The number of anilines is 2. The molecular formula is C23H26Br2N2O2. The summed E-state index contributed by atoms with van der Waals surface area (Å²) in [6, 6.07) is 12.6. The Balaban J connectivity index is 1.25. The van der Waals surface area contributed by atoms with Crippen LogP contribution in [0.1, 0.15) is 19.3 Å². The molecule has 2 aromatic carbocycles. The molecule has 0 spiro atoms. The van der Waals surface area contributed by atoms with Gasteiger partial charge in [-0.25, -0.2) is 0 Å². The fourth-order valence-electron chi connectivity index (χ4n) is 4.93. The number of hydrogen-bond acceptors (Lipinski definition) is 4. The molecule has 2 fully saturated rings. The Morgan fingerprint density at radius 3 is 2.03 bits per heavy atom. The fourth-order valence-corrected chi connectivity index (χ4v) is 5.61. The van der Waals surface area contributed by atoms with E-state index in [1.165, 1.54) is 32.5 Å². The minimum atomic E-state index is 0.748. The van der Waals surface area contributed by atoms with Crippen LogP contribution in [-0.2, 0) is 4.74 Å². The summed E-state index contributed by atoms with van der Waals surface area (Å²) in [6.45, 7) is 6.52. The van der Waals surface area contributed by atoms with Crippen LogP contribution in [0.4, 0.5) is 11.4 Å². The summed E-state index contributed by atoms with van der Waals surface area (Å²) >= 11 is 7.14. The summed E-state index contributed by atoms with van der Waals surface area (Å²) in [7, 11) is 0. The molecule has 0 radical (unpaired) electrons. The molecule has 2 aromatic rings. The van der Waals surface area contributed by atoms with Crippen molar-refractivity contribution in [2.45, 2.75) is 19.3 Å². The van der Waals surface area contributed by atoms with Crippen LogP contribution in [0.25, 0.3) is 0 Å². The third-order valence-corrected chi connectivity index (χ3v) is 7.14. The molecule has 0 aromatic heterocycles. The zero-order valence-electron chi connectivity index (χ0n) is 16.4. The van der Waals surface area contributed by atoms with E-state index in [4.69, 9.17) is 9.47 Å². The van der Waals surface area contributed by atoms with Crippen LogP contribution in [0, 0.1) is 11.8 Å². The number of ether oxygens (including phenoxy) is 2. The van der Waals surface area contributed by atoms with Crippen molar-refractivity contribution in [1.29, 1.82) is 0 Å². The zero-order valence-corrected chi connectivity index (χ0v) is 19.6. The van der Waals surface area contributed by atoms with Gasteiger partial charge in [-0.15, -0.1) is 0 Å². The van der Waals surface area contributed by atoms with E-state index in [0.29, 0.717) is 0 Å². The van der Waals surface area contributed by atoms with E-state index >= 15 is 0 Å². The number of likely N-dealkylation sites (tertiary alicyclic amines) is 1. The molecule has 0 amide bonds. The SMILES string of the molecule is Brc1ccc2c(c1)Oc1cc(Br)ccc1N2CCCCN1CC2COCC(C2)C1. The molecule has 3 aliphatic heterocycles. The number of unbranched alkanes of at least 4 members (excludes halogenated alkanes) is 1. The normalized spacial score (nSPS) is 23.3. The number of benzene rings is 2. The fraction of sp³-hybridized carbons (Fsp3) is 0.478. The monoisotopic (exact) mass is 520 g/mol. The summed E-state index contributed by atoms with van der Waals surface area (Å²) in [4.78, 5) is 5.07. The van der Waals surface area contributed by atoms with Crippen molar-refractivity contribution in [2.24, 2.45) is 11.8 Å². The Hall–Kier alpha value is -1.08. The predicted molar refractivity (Wildman–Crippen MR) is 123 cm³/mol. The van der Waals surface area contributed by atoms with Gasteiger partial charge in [0.05, 0.1) is 24.6 Å². The quantitative estimate of drug-likeness (QED) is 0.437. The Morgan fingerprint density at radius 2 is 1.41 bits per heavy atom. The second-order valence-corrected chi connectivity index (χ2v) is 10.3. The molecule has 2 saturated heterocycles. The summed E-state index contributed by atoms with van der Waals surface area (Å²) in [5, 5.41) is 0. The maximum atomic E-state index is 6.19. The van der Waals surface area contributed by atoms with E-state index in [1.54, 1.807) is 0 Å². The highest BCUT2D eigenvalue weighted by molar-refractivity contribution is 9.10. The Morgan fingerprint density at radius 1 is 0.828 bits per heavy atom. The Labute approximate surface area is 189 Å². The predicted octanol–water partition coefficient (Wildman–Crippen LogP) is 6.20. The lowest BCUT2D eigenvalue weighted by atomic mass is 9.88. The molecule has 29 heavy (non-hydrogen) atoms. The standard InChI is InChI=1S/C23H26Br2N2O2/c24-18-3-5-20-22(10-18)29-23-11-19(25)4-6-21(23)27(20)8-2-1-7-26-12-16-9-17(13-26)15-28-14-16/h3-6,10-11,16-17H,1-2,7-9,12-15H2. The number of piperidine rings is 1. The minimum absolute atomic E-state index is 0.748. The van der Waals surface area contributed by atoms with Crippen molar-refractivity contribution in [3.63, 3.8) is 0 Å². The average molecular weight is 522 g/mol. The van der Waals surface area contributed by atoms with Gasteiger partial charge in [0.25, 0.3) is 0 Å². The maximum Gasteiger partial charge on any atom is 0.152 e. The first kappa shape index (κ1) is 19.9. The molecule has 4 nitrogen and oxygen atoms in total. The zero-order chi connectivity index (χ0) is 19.8. The molecule has 0 saturated carbocycles. The van der Waals surface area contributed by atoms with Crippen molar-refractivity contribution in [3.8, 4) is 11.5 Å². The van der Waals surface area contributed by atoms with Crippen molar-refractivity contribution < 1.29 is 9.47 Å².